The van der Waals surface area contributed by atoms with Gasteiger partial charge in [-0.15, -0.1) is 0 Å². The van der Waals surface area contributed by atoms with Gasteiger partial charge in [0.25, 0.3) is 0 Å². The van der Waals surface area contributed by atoms with E-state index in [1.165, 1.54) is 19.3 Å². The average Bonchev–Trinajstić information content (AvgIpc) is 2.44. The van der Waals surface area contributed by atoms with Crippen molar-refractivity contribution in [3.63, 3.8) is 0 Å². The first-order valence-corrected chi connectivity index (χ1v) is 8.52. The van der Waals surface area contributed by atoms with Crippen LogP contribution in [0.25, 0.3) is 0 Å². The van der Waals surface area contributed by atoms with Crippen molar-refractivity contribution in [3.05, 3.63) is 0 Å². The van der Waals surface area contributed by atoms with Crippen LogP contribution in [-0.2, 0) is 9.59 Å². The molecule has 0 saturated carbocycles. The number of nitrogens with zero attached hydrogens (tertiary/aromatic N) is 1. The van der Waals surface area contributed by atoms with Crippen molar-refractivity contribution in [1.82, 2.24) is 15.5 Å². The normalized spacial score (nSPS) is 21.2. The summed E-state index contributed by atoms with van der Waals surface area (Å²) in [5, 5.41) is 5.78. The highest BCUT2D eigenvalue weighted by Crippen LogP contribution is 2.18. The summed E-state index contributed by atoms with van der Waals surface area (Å²) in [4.78, 5) is 26.0. The van der Waals surface area contributed by atoms with E-state index in [0.29, 0.717) is 31.6 Å². The molecule has 0 bridgehead atoms. The molecule has 22 heavy (non-hydrogen) atoms. The summed E-state index contributed by atoms with van der Waals surface area (Å²) in [6.45, 7) is 12.2. The van der Waals surface area contributed by atoms with Crippen LogP contribution in [0.2, 0.25) is 0 Å². The van der Waals surface area contributed by atoms with Gasteiger partial charge in [-0.2, -0.15) is 0 Å². The van der Waals surface area contributed by atoms with Crippen LogP contribution in [0.1, 0.15) is 60.3 Å². The Kier molecular flexibility index (Phi) is 7.33. The van der Waals surface area contributed by atoms with E-state index in [1.807, 2.05) is 20.8 Å². The third-order valence-corrected chi connectivity index (χ3v) is 4.33. The first-order valence-electron chi connectivity index (χ1n) is 8.52. The number of piperidine rings is 1. The molecule has 5 nitrogen and oxygen atoms in total. The van der Waals surface area contributed by atoms with Crippen LogP contribution in [-0.4, -0.2) is 48.4 Å². The van der Waals surface area contributed by atoms with E-state index in [9.17, 15) is 9.59 Å². The molecule has 0 spiro atoms. The van der Waals surface area contributed by atoms with E-state index in [2.05, 4.69) is 29.4 Å². The zero-order valence-corrected chi connectivity index (χ0v) is 14.9. The van der Waals surface area contributed by atoms with Crippen LogP contribution in [0, 0.1) is 5.41 Å². The molecule has 5 heteroatoms. The number of hydrogen-bond donors (Lipinski definition) is 2. The van der Waals surface area contributed by atoms with Gasteiger partial charge in [0.2, 0.25) is 11.8 Å². The number of likely N-dealkylation sites (tertiary alicyclic amines) is 1. The number of rotatable bonds is 6. The Morgan fingerprint density at radius 1 is 1.23 bits per heavy atom. The molecular weight excluding hydrogens is 278 g/mol. The zero-order chi connectivity index (χ0) is 16.8. The highest BCUT2D eigenvalue weighted by Gasteiger charge is 2.23. The topological polar surface area (TPSA) is 61.4 Å². The van der Waals surface area contributed by atoms with Crippen LogP contribution in [0.3, 0.4) is 0 Å². The summed E-state index contributed by atoms with van der Waals surface area (Å²) in [5.41, 5.74) is -0.407. The first-order chi connectivity index (χ1) is 10.2. The third-order valence-electron chi connectivity index (χ3n) is 4.33. The molecular formula is C17H33N3O2. The van der Waals surface area contributed by atoms with Crippen LogP contribution in [0.5, 0.6) is 0 Å². The molecule has 2 N–H and O–H groups in total. The van der Waals surface area contributed by atoms with Crippen LogP contribution in [0.4, 0.5) is 0 Å². The molecule has 128 valence electrons. The second-order valence-corrected chi connectivity index (χ2v) is 7.49. The molecule has 1 saturated heterocycles. The van der Waals surface area contributed by atoms with Gasteiger partial charge >= 0.3 is 0 Å². The number of amides is 2. The van der Waals surface area contributed by atoms with Crippen molar-refractivity contribution >= 4 is 11.8 Å². The van der Waals surface area contributed by atoms with E-state index in [-0.39, 0.29) is 11.8 Å². The molecule has 0 aromatic carbocycles. The lowest BCUT2D eigenvalue weighted by atomic mass is 9.96. The maximum Gasteiger partial charge on any atom is 0.225 e. The standard InChI is InChI=1S/C17H33N3O2/c1-13-8-6-7-11-20(13)14(2)12-19-15(21)9-10-18-16(22)17(3,4)5/h13-14H,6-12H2,1-5H3,(H,18,22)(H,19,21)/t13-,14+/m0/s1. The van der Waals surface area contributed by atoms with Gasteiger partial charge in [0, 0.05) is 37.0 Å². The molecule has 1 aliphatic rings. The molecule has 0 unspecified atom stereocenters. The largest absolute Gasteiger partial charge is 0.355 e. The SMILES string of the molecule is C[C@H](CNC(=O)CCNC(=O)C(C)(C)C)N1CCCC[C@@H]1C. The second-order valence-electron chi connectivity index (χ2n) is 7.49. The van der Waals surface area contributed by atoms with Gasteiger partial charge in [-0.1, -0.05) is 27.2 Å². The minimum atomic E-state index is -0.407. The lowest BCUT2D eigenvalue weighted by molar-refractivity contribution is -0.128. The van der Waals surface area contributed by atoms with Crippen molar-refractivity contribution < 1.29 is 9.59 Å². The Hall–Kier alpha value is -1.10. The summed E-state index contributed by atoms with van der Waals surface area (Å²) in [6, 6.07) is 0.968. The van der Waals surface area contributed by atoms with E-state index < -0.39 is 5.41 Å². The maximum atomic E-state index is 11.9. The van der Waals surface area contributed by atoms with Gasteiger partial charge in [-0.25, -0.2) is 0 Å². The van der Waals surface area contributed by atoms with Crippen molar-refractivity contribution in [2.75, 3.05) is 19.6 Å². The van der Waals surface area contributed by atoms with Gasteiger partial charge in [-0.3, -0.25) is 14.5 Å². The summed E-state index contributed by atoms with van der Waals surface area (Å²) in [7, 11) is 0. The lowest BCUT2D eigenvalue weighted by Gasteiger charge is -2.38. The number of hydrogen-bond acceptors (Lipinski definition) is 3. The highest BCUT2D eigenvalue weighted by atomic mass is 16.2. The summed E-state index contributed by atoms with van der Waals surface area (Å²) in [6.07, 6.45) is 4.15. The lowest BCUT2D eigenvalue weighted by Crippen LogP contribution is -2.48. The van der Waals surface area contributed by atoms with Crippen molar-refractivity contribution in [2.24, 2.45) is 5.41 Å². The molecule has 0 aromatic rings. The molecule has 0 aliphatic carbocycles. The fourth-order valence-electron chi connectivity index (χ4n) is 2.80. The minimum Gasteiger partial charge on any atom is -0.355 e. The minimum absolute atomic E-state index is 0.00530. The van der Waals surface area contributed by atoms with Gasteiger partial charge in [0.15, 0.2) is 0 Å². The Morgan fingerprint density at radius 2 is 1.91 bits per heavy atom. The predicted octanol–water partition coefficient (Wildman–Crippen LogP) is 1.92. The van der Waals surface area contributed by atoms with Crippen molar-refractivity contribution in [2.45, 2.75) is 72.4 Å². The average molecular weight is 311 g/mol. The van der Waals surface area contributed by atoms with E-state index in [4.69, 9.17) is 0 Å². The van der Waals surface area contributed by atoms with Crippen molar-refractivity contribution in [3.8, 4) is 0 Å². The van der Waals surface area contributed by atoms with Gasteiger partial charge < -0.3 is 10.6 Å². The smallest absolute Gasteiger partial charge is 0.225 e. The summed E-state index contributed by atoms with van der Waals surface area (Å²) in [5.74, 6) is -0.0125. The fraction of sp³-hybridized carbons (Fsp3) is 0.882. The number of carbonyl (C=O) groups is 2. The van der Waals surface area contributed by atoms with E-state index >= 15 is 0 Å². The van der Waals surface area contributed by atoms with Gasteiger partial charge in [-0.05, 0) is 33.2 Å². The molecule has 1 heterocycles. The Bertz CT molecular complexity index is 377. The molecule has 1 aliphatic heterocycles. The monoisotopic (exact) mass is 311 g/mol. The third kappa shape index (κ3) is 6.34. The second kappa shape index (κ2) is 8.51. The Balaban J connectivity index is 2.21. The Labute approximate surface area is 135 Å². The zero-order valence-electron chi connectivity index (χ0n) is 14.9. The van der Waals surface area contributed by atoms with Gasteiger partial charge in [0.05, 0.1) is 0 Å². The summed E-state index contributed by atoms with van der Waals surface area (Å²) >= 11 is 0. The highest BCUT2D eigenvalue weighted by molar-refractivity contribution is 5.82. The van der Waals surface area contributed by atoms with E-state index in [0.717, 1.165) is 6.54 Å². The Morgan fingerprint density at radius 3 is 2.50 bits per heavy atom. The quantitative estimate of drug-likeness (QED) is 0.788. The van der Waals surface area contributed by atoms with Crippen LogP contribution >= 0.6 is 0 Å². The number of nitrogens with one attached hydrogen (secondary N) is 2. The molecule has 2 amide bonds. The molecule has 1 rings (SSSR count). The molecule has 1 fully saturated rings. The van der Waals surface area contributed by atoms with Crippen LogP contribution < -0.4 is 10.6 Å². The van der Waals surface area contributed by atoms with Gasteiger partial charge in [0.1, 0.15) is 0 Å². The molecule has 2 atom stereocenters. The fourth-order valence-corrected chi connectivity index (χ4v) is 2.80. The van der Waals surface area contributed by atoms with Crippen LogP contribution in [0.15, 0.2) is 0 Å². The predicted molar refractivity (Wildman–Crippen MR) is 89.6 cm³/mol. The van der Waals surface area contributed by atoms with Crippen molar-refractivity contribution in [1.29, 1.82) is 0 Å². The first kappa shape index (κ1) is 18.9. The molecule has 0 radical (unpaired) electrons. The number of carbonyl (C=O) groups excluding carboxylic acids is 2. The molecule has 0 aromatic heterocycles. The maximum absolute atomic E-state index is 11.9. The summed E-state index contributed by atoms with van der Waals surface area (Å²) < 4.78 is 0. The van der Waals surface area contributed by atoms with E-state index in [1.54, 1.807) is 0 Å².